The number of amides is 1. The van der Waals surface area contributed by atoms with Crippen LogP contribution in [0, 0.1) is 0 Å². The van der Waals surface area contributed by atoms with Gasteiger partial charge >= 0.3 is 4.87 Å². The minimum absolute atomic E-state index is 0. The molecule has 0 radical (unpaired) electrons. The normalized spacial score (nSPS) is 13.0. The van der Waals surface area contributed by atoms with E-state index in [0.717, 1.165) is 35.8 Å². The molecule has 2 aromatic heterocycles. The summed E-state index contributed by atoms with van der Waals surface area (Å²) in [5, 5.41) is 16.6. The Labute approximate surface area is 161 Å². The molecule has 0 bridgehead atoms. The molecule has 142 valence electrons. The Kier molecular flexibility index (Phi) is 6.64. The van der Waals surface area contributed by atoms with Gasteiger partial charge in [-0.25, -0.2) is 5.10 Å². The molecule has 8 nitrogen and oxygen atoms in total. The van der Waals surface area contributed by atoms with Gasteiger partial charge in [-0.3, -0.25) is 9.59 Å². The third kappa shape index (κ3) is 6.00. The Hall–Kier alpha value is -3.07. The summed E-state index contributed by atoms with van der Waals surface area (Å²) in [4.78, 5) is 24.3. The molecule has 27 heavy (non-hydrogen) atoms. The number of hydrogen-bond donors (Lipinski definition) is 2. The number of hydrogen-bond acceptors (Lipinski definition) is 7. The van der Waals surface area contributed by atoms with Crippen LogP contribution in [-0.4, -0.2) is 39.4 Å². The SMILES string of the molecule is O=C(Cc1ccccc1)Nc1n[nH]c(=O)s1.[HH].c1cnnc(N2CCCC2)c1. The fourth-order valence-corrected chi connectivity index (χ4v) is 3.16. The molecular formula is C18H22N6O2S. The summed E-state index contributed by atoms with van der Waals surface area (Å²) in [6.45, 7) is 2.28. The lowest BCUT2D eigenvalue weighted by atomic mass is 10.1. The molecule has 3 aromatic rings. The second-order valence-corrected chi connectivity index (χ2v) is 6.87. The van der Waals surface area contributed by atoms with E-state index in [-0.39, 0.29) is 18.6 Å². The number of nitrogens with one attached hydrogen (secondary N) is 2. The van der Waals surface area contributed by atoms with Crippen molar-refractivity contribution in [2.24, 2.45) is 0 Å². The van der Waals surface area contributed by atoms with Crippen LogP contribution in [0.3, 0.4) is 0 Å². The quantitative estimate of drug-likeness (QED) is 0.713. The highest BCUT2D eigenvalue weighted by Crippen LogP contribution is 2.15. The Morgan fingerprint density at radius 3 is 2.59 bits per heavy atom. The summed E-state index contributed by atoms with van der Waals surface area (Å²) < 4.78 is 0. The fraction of sp³-hybridized carbons (Fsp3) is 0.278. The first-order valence-electron chi connectivity index (χ1n) is 8.62. The number of anilines is 2. The van der Waals surface area contributed by atoms with Crippen molar-refractivity contribution in [3.8, 4) is 0 Å². The first kappa shape index (κ1) is 18.7. The highest BCUT2D eigenvalue weighted by molar-refractivity contribution is 7.13. The van der Waals surface area contributed by atoms with Crippen molar-refractivity contribution in [3.63, 3.8) is 0 Å². The number of carbonyl (C=O) groups is 1. The Bertz CT molecular complexity index is 897. The summed E-state index contributed by atoms with van der Waals surface area (Å²) in [5.41, 5.74) is 0.919. The van der Waals surface area contributed by atoms with Crippen molar-refractivity contribution in [2.45, 2.75) is 19.3 Å². The van der Waals surface area contributed by atoms with E-state index in [1.165, 1.54) is 12.8 Å². The van der Waals surface area contributed by atoms with Crippen molar-refractivity contribution >= 4 is 28.2 Å². The molecule has 1 aromatic carbocycles. The number of H-pyrrole nitrogens is 1. The number of carbonyl (C=O) groups excluding carboxylic acids is 1. The minimum Gasteiger partial charge on any atom is -0.355 e. The average molecular weight is 386 g/mol. The van der Waals surface area contributed by atoms with Gasteiger partial charge < -0.3 is 10.2 Å². The fourth-order valence-electron chi connectivity index (χ4n) is 2.64. The summed E-state index contributed by atoms with van der Waals surface area (Å²) in [6.07, 6.45) is 4.56. The summed E-state index contributed by atoms with van der Waals surface area (Å²) in [7, 11) is 0. The molecule has 2 N–H and O–H groups in total. The molecule has 9 heteroatoms. The molecule has 1 fully saturated rings. The molecule has 1 aliphatic heterocycles. The monoisotopic (exact) mass is 386 g/mol. The topological polar surface area (TPSA) is 104 Å². The zero-order valence-electron chi connectivity index (χ0n) is 14.7. The van der Waals surface area contributed by atoms with Crippen LogP contribution in [0.25, 0.3) is 0 Å². The second kappa shape index (κ2) is 9.58. The Morgan fingerprint density at radius 1 is 1.19 bits per heavy atom. The van der Waals surface area contributed by atoms with E-state index in [2.05, 4.69) is 30.6 Å². The minimum atomic E-state index is -0.282. The molecule has 0 aliphatic carbocycles. The van der Waals surface area contributed by atoms with Gasteiger partial charge in [-0.15, -0.1) is 10.2 Å². The van der Waals surface area contributed by atoms with Crippen molar-refractivity contribution in [1.82, 2.24) is 20.4 Å². The maximum Gasteiger partial charge on any atom is 0.324 e. The Morgan fingerprint density at radius 2 is 1.96 bits per heavy atom. The highest BCUT2D eigenvalue weighted by Gasteiger charge is 2.12. The molecule has 0 spiro atoms. The average Bonchev–Trinajstić information content (AvgIpc) is 3.36. The number of rotatable bonds is 4. The number of aromatic nitrogens is 4. The molecule has 1 aliphatic rings. The van der Waals surface area contributed by atoms with E-state index in [4.69, 9.17) is 0 Å². The van der Waals surface area contributed by atoms with Crippen LogP contribution in [0.2, 0.25) is 0 Å². The highest BCUT2D eigenvalue weighted by atomic mass is 32.1. The summed E-state index contributed by atoms with van der Waals surface area (Å²) in [5.74, 6) is 0.832. The van der Waals surface area contributed by atoms with Gasteiger partial charge in [0.15, 0.2) is 5.82 Å². The maximum atomic E-state index is 11.5. The van der Waals surface area contributed by atoms with E-state index in [9.17, 15) is 9.59 Å². The van der Waals surface area contributed by atoms with Gasteiger partial charge in [0, 0.05) is 20.7 Å². The lowest BCUT2D eigenvalue weighted by Crippen LogP contribution is -2.18. The molecule has 3 heterocycles. The smallest absolute Gasteiger partial charge is 0.324 e. The van der Waals surface area contributed by atoms with Gasteiger partial charge in [0.1, 0.15) is 0 Å². The standard InChI is InChI=1S/C10H9N3O2S.C8H11N3.H2/c14-8(6-7-4-2-1-3-5-7)11-9-12-13-10(15)16-9;1-2-7-11(6-1)8-4-3-5-9-10-8;/h1-5H,6H2,(H,13,15)(H,11,12,14);3-5H,1-2,6-7H2;1H. The third-order valence-electron chi connectivity index (χ3n) is 3.88. The van der Waals surface area contributed by atoms with Gasteiger partial charge in [0.05, 0.1) is 6.42 Å². The van der Waals surface area contributed by atoms with Crippen LogP contribution in [0.1, 0.15) is 19.8 Å². The lowest BCUT2D eigenvalue weighted by Gasteiger charge is -2.14. The molecular weight excluding hydrogens is 364 g/mol. The summed E-state index contributed by atoms with van der Waals surface area (Å²) in [6, 6.07) is 13.3. The van der Waals surface area contributed by atoms with Gasteiger partial charge in [0.2, 0.25) is 11.0 Å². The van der Waals surface area contributed by atoms with Crippen LogP contribution in [-0.2, 0) is 11.2 Å². The van der Waals surface area contributed by atoms with Crippen LogP contribution in [0.5, 0.6) is 0 Å². The molecule has 0 atom stereocenters. The van der Waals surface area contributed by atoms with Gasteiger partial charge in [-0.2, -0.15) is 5.10 Å². The van der Waals surface area contributed by atoms with Gasteiger partial charge in [0.25, 0.3) is 0 Å². The van der Waals surface area contributed by atoms with E-state index < -0.39 is 0 Å². The van der Waals surface area contributed by atoms with E-state index in [1.807, 2.05) is 42.5 Å². The van der Waals surface area contributed by atoms with Crippen LogP contribution in [0.4, 0.5) is 10.9 Å². The van der Waals surface area contributed by atoms with Crippen molar-refractivity contribution < 1.29 is 6.22 Å². The first-order chi connectivity index (χ1) is 13.2. The maximum absolute atomic E-state index is 11.5. The van der Waals surface area contributed by atoms with E-state index in [1.54, 1.807) is 6.20 Å². The van der Waals surface area contributed by atoms with Crippen molar-refractivity contribution in [3.05, 3.63) is 63.9 Å². The zero-order chi connectivity index (χ0) is 18.9. The van der Waals surface area contributed by atoms with Gasteiger partial charge in [-0.1, -0.05) is 30.3 Å². The molecule has 0 unspecified atom stereocenters. The van der Waals surface area contributed by atoms with Gasteiger partial charge in [-0.05, 0) is 41.9 Å². The van der Waals surface area contributed by atoms with Crippen LogP contribution < -0.4 is 15.1 Å². The predicted octanol–water partition coefficient (Wildman–Crippen LogP) is 2.34. The third-order valence-corrected chi connectivity index (χ3v) is 4.54. The molecule has 1 amide bonds. The number of aromatic amines is 1. The first-order valence-corrected chi connectivity index (χ1v) is 9.44. The van der Waals surface area contributed by atoms with Crippen molar-refractivity contribution in [2.75, 3.05) is 23.3 Å². The zero-order valence-corrected chi connectivity index (χ0v) is 15.5. The van der Waals surface area contributed by atoms with E-state index >= 15 is 0 Å². The van der Waals surface area contributed by atoms with Crippen LogP contribution in [0.15, 0.2) is 53.5 Å². The molecule has 4 rings (SSSR count). The number of nitrogens with zero attached hydrogens (tertiary/aromatic N) is 4. The molecule has 1 saturated heterocycles. The van der Waals surface area contributed by atoms with Crippen molar-refractivity contribution in [1.29, 1.82) is 0 Å². The van der Waals surface area contributed by atoms with E-state index in [0.29, 0.717) is 5.13 Å². The second-order valence-electron chi connectivity index (χ2n) is 5.90. The lowest BCUT2D eigenvalue weighted by molar-refractivity contribution is -0.115. The summed E-state index contributed by atoms with van der Waals surface area (Å²) >= 11 is 0.872. The van der Waals surface area contributed by atoms with Crippen LogP contribution >= 0.6 is 11.3 Å². The Balaban J connectivity index is 0.000000205. The number of benzene rings is 1. The predicted molar refractivity (Wildman–Crippen MR) is 107 cm³/mol. The molecule has 0 saturated carbocycles. The largest absolute Gasteiger partial charge is 0.355 e.